The van der Waals surface area contributed by atoms with Gasteiger partial charge in [-0.1, -0.05) is 13.2 Å². The predicted molar refractivity (Wildman–Crippen MR) is 43.2 cm³/mol. The summed E-state index contributed by atoms with van der Waals surface area (Å²) >= 11 is 0. The van der Waals surface area contributed by atoms with Gasteiger partial charge in [0.25, 0.3) is 0 Å². The second-order valence-electron chi connectivity index (χ2n) is 2.05. The van der Waals surface area contributed by atoms with E-state index in [0.717, 1.165) is 0 Å². The third kappa shape index (κ3) is 2.37. The van der Waals surface area contributed by atoms with Crippen LogP contribution in [0.1, 0.15) is 6.92 Å². The number of allylic oxidation sites excluding steroid dienone is 1. The van der Waals surface area contributed by atoms with Crippen LogP contribution in [0.4, 0.5) is 0 Å². The van der Waals surface area contributed by atoms with Crippen molar-refractivity contribution in [2.45, 2.75) is 6.92 Å². The van der Waals surface area contributed by atoms with E-state index in [4.69, 9.17) is 14.9 Å². The maximum absolute atomic E-state index is 8.90. The van der Waals surface area contributed by atoms with Gasteiger partial charge in [-0.05, 0) is 6.92 Å². The highest BCUT2D eigenvalue weighted by Crippen LogP contribution is 2.15. The summed E-state index contributed by atoms with van der Waals surface area (Å²) in [5, 5.41) is 17.8. The molecule has 0 atom stereocenters. The number of hydrogen-bond donors (Lipinski definition) is 2. The van der Waals surface area contributed by atoms with E-state index in [9.17, 15) is 0 Å². The van der Waals surface area contributed by atoms with Gasteiger partial charge in [0.1, 0.15) is 5.76 Å². The third-order valence-corrected chi connectivity index (χ3v) is 1.24. The van der Waals surface area contributed by atoms with Crippen LogP contribution in [0, 0.1) is 0 Å². The number of methoxy groups -OCH3 is 1. The maximum Gasteiger partial charge on any atom is 0.166 e. The van der Waals surface area contributed by atoms with E-state index in [-0.39, 0.29) is 17.3 Å². The zero-order chi connectivity index (χ0) is 9.02. The molecule has 0 aliphatic rings. The zero-order valence-corrected chi connectivity index (χ0v) is 6.72. The molecule has 11 heavy (non-hydrogen) atoms. The predicted octanol–water partition coefficient (Wildman–Crippen LogP) is 2.05. The molecular weight excluding hydrogens is 144 g/mol. The van der Waals surface area contributed by atoms with Crippen molar-refractivity contribution in [3.63, 3.8) is 0 Å². The van der Waals surface area contributed by atoms with Crippen LogP contribution in [0.15, 0.2) is 36.0 Å². The number of aliphatic hydroxyl groups is 2. The van der Waals surface area contributed by atoms with E-state index in [1.54, 1.807) is 6.92 Å². The van der Waals surface area contributed by atoms with Crippen LogP contribution in [0.2, 0.25) is 0 Å². The Kier molecular flexibility index (Phi) is 3.24. The van der Waals surface area contributed by atoms with Gasteiger partial charge >= 0.3 is 0 Å². The Morgan fingerprint density at radius 3 is 1.73 bits per heavy atom. The summed E-state index contributed by atoms with van der Waals surface area (Å²) in [6.07, 6.45) is 0. The summed E-state index contributed by atoms with van der Waals surface area (Å²) in [4.78, 5) is 0. The molecule has 0 amide bonds. The number of aliphatic hydroxyl groups excluding tert-OH is 2. The van der Waals surface area contributed by atoms with Crippen molar-refractivity contribution < 1.29 is 14.9 Å². The van der Waals surface area contributed by atoms with Crippen molar-refractivity contribution in [1.29, 1.82) is 0 Å². The lowest BCUT2D eigenvalue weighted by atomic mass is 10.2. The second-order valence-corrected chi connectivity index (χ2v) is 2.05. The SMILES string of the molecule is C=C(O)/C(C)=C(/OC)C(=C)O. The van der Waals surface area contributed by atoms with Crippen LogP contribution in [-0.2, 0) is 4.74 Å². The van der Waals surface area contributed by atoms with E-state index in [2.05, 4.69) is 13.2 Å². The molecule has 0 heterocycles. The van der Waals surface area contributed by atoms with Gasteiger partial charge in [0.15, 0.2) is 11.5 Å². The van der Waals surface area contributed by atoms with E-state index in [1.807, 2.05) is 0 Å². The van der Waals surface area contributed by atoms with E-state index in [1.165, 1.54) is 7.11 Å². The fourth-order valence-corrected chi connectivity index (χ4v) is 0.618. The van der Waals surface area contributed by atoms with Gasteiger partial charge in [-0.15, -0.1) is 0 Å². The van der Waals surface area contributed by atoms with Crippen LogP contribution < -0.4 is 0 Å². The average molecular weight is 156 g/mol. The Labute approximate surface area is 65.9 Å². The summed E-state index contributed by atoms with van der Waals surface area (Å²) in [5.41, 5.74) is 0.375. The van der Waals surface area contributed by atoms with Crippen LogP contribution in [0.5, 0.6) is 0 Å². The van der Waals surface area contributed by atoms with Crippen LogP contribution in [0.3, 0.4) is 0 Å². The Morgan fingerprint density at radius 2 is 1.64 bits per heavy atom. The molecule has 0 saturated heterocycles. The minimum atomic E-state index is -0.222. The molecular formula is C8H12O3. The van der Waals surface area contributed by atoms with Gasteiger partial charge in [-0.25, -0.2) is 0 Å². The molecule has 0 aliphatic carbocycles. The normalized spacial score (nSPS) is 11.8. The average Bonchev–Trinajstić information content (AvgIpc) is 1.88. The largest absolute Gasteiger partial charge is 0.508 e. The summed E-state index contributed by atoms with van der Waals surface area (Å²) in [6, 6.07) is 0. The van der Waals surface area contributed by atoms with E-state index >= 15 is 0 Å². The molecule has 0 radical (unpaired) electrons. The highest BCUT2D eigenvalue weighted by molar-refractivity contribution is 5.31. The van der Waals surface area contributed by atoms with Gasteiger partial charge in [0.2, 0.25) is 0 Å². The highest BCUT2D eigenvalue weighted by Gasteiger charge is 2.07. The molecule has 62 valence electrons. The van der Waals surface area contributed by atoms with Crippen molar-refractivity contribution in [1.82, 2.24) is 0 Å². The molecule has 0 spiro atoms. The van der Waals surface area contributed by atoms with E-state index < -0.39 is 0 Å². The summed E-state index contributed by atoms with van der Waals surface area (Å²) in [6.45, 7) is 8.09. The summed E-state index contributed by atoms with van der Waals surface area (Å²) < 4.78 is 4.74. The summed E-state index contributed by atoms with van der Waals surface area (Å²) in [7, 11) is 1.38. The van der Waals surface area contributed by atoms with Crippen molar-refractivity contribution in [2.75, 3.05) is 7.11 Å². The third-order valence-electron chi connectivity index (χ3n) is 1.24. The van der Waals surface area contributed by atoms with Crippen LogP contribution in [-0.4, -0.2) is 17.3 Å². The van der Waals surface area contributed by atoms with Crippen molar-refractivity contribution in [3.8, 4) is 0 Å². The first-order chi connectivity index (χ1) is 5.00. The fraction of sp³-hybridized carbons (Fsp3) is 0.250. The minimum absolute atomic E-state index is 0.142. The Morgan fingerprint density at radius 1 is 1.18 bits per heavy atom. The molecule has 0 aromatic rings. The molecule has 3 heteroatoms. The van der Waals surface area contributed by atoms with Gasteiger partial charge in [0, 0.05) is 5.57 Å². The van der Waals surface area contributed by atoms with Crippen LogP contribution in [0.25, 0.3) is 0 Å². The first-order valence-electron chi connectivity index (χ1n) is 3.02. The molecule has 0 unspecified atom stereocenters. The zero-order valence-electron chi connectivity index (χ0n) is 6.72. The lowest BCUT2D eigenvalue weighted by molar-refractivity contribution is 0.250. The first kappa shape index (κ1) is 9.62. The molecule has 3 nitrogen and oxygen atoms in total. The molecule has 2 N–H and O–H groups in total. The fourth-order valence-electron chi connectivity index (χ4n) is 0.618. The molecule has 0 fully saturated rings. The Hall–Kier alpha value is -1.38. The molecule has 0 aromatic carbocycles. The van der Waals surface area contributed by atoms with Gasteiger partial charge in [-0.3, -0.25) is 0 Å². The maximum atomic E-state index is 8.90. The van der Waals surface area contributed by atoms with Gasteiger partial charge in [-0.2, -0.15) is 0 Å². The van der Waals surface area contributed by atoms with Gasteiger partial charge in [0.05, 0.1) is 7.11 Å². The second kappa shape index (κ2) is 3.71. The number of hydrogen-bond acceptors (Lipinski definition) is 3. The number of ether oxygens (including phenoxy) is 1. The lowest BCUT2D eigenvalue weighted by Gasteiger charge is -2.07. The van der Waals surface area contributed by atoms with Crippen molar-refractivity contribution in [2.24, 2.45) is 0 Å². The van der Waals surface area contributed by atoms with Crippen molar-refractivity contribution >= 4 is 0 Å². The molecule has 0 rings (SSSR count). The molecule has 0 saturated carbocycles. The molecule has 0 aliphatic heterocycles. The van der Waals surface area contributed by atoms with Crippen LogP contribution >= 0.6 is 0 Å². The Balaban J connectivity index is 4.83. The topological polar surface area (TPSA) is 49.7 Å². The quantitative estimate of drug-likeness (QED) is 0.485. The Bertz CT molecular complexity index is 213. The monoisotopic (exact) mass is 156 g/mol. The van der Waals surface area contributed by atoms with Crippen molar-refractivity contribution in [3.05, 3.63) is 36.0 Å². The minimum Gasteiger partial charge on any atom is -0.508 e. The lowest BCUT2D eigenvalue weighted by Crippen LogP contribution is -1.96. The van der Waals surface area contributed by atoms with Gasteiger partial charge < -0.3 is 14.9 Å². The molecule has 0 aromatic heterocycles. The first-order valence-corrected chi connectivity index (χ1v) is 3.02. The smallest absolute Gasteiger partial charge is 0.166 e. The standard InChI is InChI=1S/C8H12O3/c1-5(6(2)9)8(11-4)7(3)10/h9-10H,2-3H2,1,4H3/b8-5+. The highest BCUT2D eigenvalue weighted by atomic mass is 16.5. The van der Waals surface area contributed by atoms with E-state index in [0.29, 0.717) is 5.57 Å². The number of rotatable bonds is 3. The summed E-state index contributed by atoms with van der Waals surface area (Å²) in [5.74, 6) is -0.213. The molecule has 0 bridgehead atoms.